The second-order valence-corrected chi connectivity index (χ2v) is 5.53. The van der Waals surface area contributed by atoms with E-state index in [-0.39, 0.29) is 11.6 Å². The van der Waals surface area contributed by atoms with Gasteiger partial charge in [-0.05, 0) is 51.9 Å². The van der Waals surface area contributed by atoms with Gasteiger partial charge in [-0.1, -0.05) is 6.92 Å². The standard InChI is InChI=1S/C17H29NO3/c1-7-11-18-16(17(3,4)21-8-2)14-12-13(19-5)9-10-15(14)20-6/h9-10,12,16,18H,7-8,11H2,1-6H3. The van der Waals surface area contributed by atoms with Gasteiger partial charge in [-0.3, -0.25) is 0 Å². The largest absolute Gasteiger partial charge is 0.497 e. The molecule has 0 fully saturated rings. The third-order valence-electron chi connectivity index (χ3n) is 3.56. The van der Waals surface area contributed by atoms with Crippen molar-refractivity contribution in [2.75, 3.05) is 27.4 Å². The number of rotatable bonds is 9. The van der Waals surface area contributed by atoms with Crippen LogP contribution in [0, 0.1) is 0 Å². The molecule has 0 heterocycles. The molecule has 0 saturated carbocycles. The zero-order valence-electron chi connectivity index (χ0n) is 14.2. The minimum absolute atomic E-state index is 0.0300. The molecular weight excluding hydrogens is 266 g/mol. The highest BCUT2D eigenvalue weighted by atomic mass is 16.5. The zero-order valence-corrected chi connectivity index (χ0v) is 14.2. The second kappa shape index (κ2) is 8.25. The van der Waals surface area contributed by atoms with Crippen LogP contribution < -0.4 is 14.8 Å². The Balaban J connectivity index is 3.23. The van der Waals surface area contributed by atoms with Gasteiger partial charge in [0.2, 0.25) is 0 Å². The summed E-state index contributed by atoms with van der Waals surface area (Å²) >= 11 is 0. The molecule has 0 spiro atoms. The summed E-state index contributed by atoms with van der Waals surface area (Å²) in [5, 5.41) is 3.58. The van der Waals surface area contributed by atoms with Crippen LogP contribution in [0.1, 0.15) is 45.7 Å². The van der Waals surface area contributed by atoms with E-state index in [1.165, 1.54) is 0 Å². The first-order chi connectivity index (χ1) is 10.00. The third-order valence-corrected chi connectivity index (χ3v) is 3.56. The predicted molar refractivity (Wildman–Crippen MR) is 86.3 cm³/mol. The molecule has 1 rings (SSSR count). The fourth-order valence-corrected chi connectivity index (χ4v) is 2.54. The number of benzene rings is 1. The molecule has 0 saturated heterocycles. The quantitative estimate of drug-likeness (QED) is 0.756. The maximum absolute atomic E-state index is 5.96. The lowest BCUT2D eigenvalue weighted by atomic mass is 9.90. The maximum Gasteiger partial charge on any atom is 0.124 e. The van der Waals surface area contributed by atoms with Crippen molar-refractivity contribution in [3.8, 4) is 11.5 Å². The summed E-state index contributed by atoms with van der Waals surface area (Å²) in [6, 6.07) is 5.90. The molecule has 4 heteroatoms. The van der Waals surface area contributed by atoms with Crippen LogP contribution in [0.4, 0.5) is 0 Å². The Kier molecular flexibility index (Phi) is 6.99. The number of hydrogen-bond donors (Lipinski definition) is 1. The molecule has 120 valence electrons. The maximum atomic E-state index is 5.96. The van der Waals surface area contributed by atoms with Crippen molar-refractivity contribution in [1.82, 2.24) is 5.32 Å². The Morgan fingerprint density at radius 1 is 1.14 bits per heavy atom. The first-order valence-corrected chi connectivity index (χ1v) is 7.59. The van der Waals surface area contributed by atoms with Gasteiger partial charge in [0.25, 0.3) is 0 Å². The molecule has 0 amide bonds. The Morgan fingerprint density at radius 3 is 2.38 bits per heavy atom. The third kappa shape index (κ3) is 4.61. The van der Waals surface area contributed by atoms with Crippen molar-refractivity contribution >= 4 is 0 Å². The highest BCUT2D eigenvalue weighted by Gasteiger charge is 2.33. The van der Waals surface area contributed by atoms with Gasteiger partial charge in [-0.2, -0.15) is 0 Å². The van der Waals surface area contributed by atoms with Gasteiger partial charge in [0.1, 0.15) is 11.5 Å². The van der Waals surface area contributed by atoms with E-state index in [2.05, 4.69) is 26.1 Å². The lowest BCUT2D eigenvalue weighted by Crippen LogP contribution is -2.42. The summed E-state index contributed by atoms with van der Waals surface area (Å²) in [4.78, 5) is 0. The van der Waals surface area contributed by atoms with Crippen LogP contribution in [-0.2, 0) is 4.74 Å². The molecule has 21 heavy (non-hydrogen) atoms. The van der Waals surface area contributed by atoms with Crippen molar-refractivity contribution in [2.45, 2.75) is 45.8 Å². The van der Waals surface area contributed by atoms with Crippen molar-refractivity contribution < 1.29 is 14.2 Å². The first-order valence-electron chi connectivity index (χ1n) is 7.59. The molecule has 4 nitrogen and oxygen atoms in total. The zero-order chi connectivity index (χ0) is 15.9. The average molecular weight is 295 g/mol. The van der Waals surface area contributed by atoms with Gasteiger partial charge in [-0.25, -0.2) is 0 Å². The van der Waals surface area contributed by atoms with Crippen molar-refractivity contribution in [3.05, 3.63) is 23.8 Å². The van der Waals surface area contributed by atoms with Gasteiger partial charge in [0, 0.05) is 12.2 Å². The average Bonchev–Trinajstić information content (AvgIpc) is 2.47. The monoisotopic (exact) mass is 295 g/mol. The topological polar surface area (TPSA) is 39.7 Å². The molecular formula is C17H29NO3. The van der Waals surface area contributed by atoms with E-state index < -0.39 is 0 Å². The van der Waals surface area contributed by atoms with Gasteiger partial charge in [0.05, 0.1) is 25.9 Å². The van der Waals surface area contributed by atoms with E-state index in [9.17, 15) is 0 Å². The Hall–Kier alpha value is -1.26. The normalized spacial score (nSPS) is 13.0. The fourth-order valence-electron chi connectivity index (χ4n) is 2.54. The number of methoxy groups -OCH3 is 2. The van der Waals surface area contributed by atoms with Crippen molar-refractivity contribution in [3.63, 3.8) is 0 Å². The van der Waals surface area contributed by atoms with E-state index in [0.29, 0.717) is 6.61 Å². The summed E-state index contributed by atoms with van der Waals surface area (Å²) in [6.07, 6.45) is 1.06. The minimum Gasteiger partial charge on any atom is -0.497 e. The Bertz CT molecular complexity index is 432. The molecule has 0 aliphatic heterocycles. The SMILES string of the molecule is CCCNC(c1cc(OC)ccc1OC)C(C)(C)OCC. The molecule has 0 aliphatic rings. The number of hydrogen-bond acceptors (Lipinski definition) is 4. The molecule has 0 radical (unpaired) electrons. The van der Waals surface area contributed by atoms with Crippen LogP contribution >= 0.6 is 0 Å². The molecule has 1 unspecified atom stereocenters. The molecule has 0 aliphatic carbocycles. The van der Waals surface area contributed by atoms with Gasteiger partial charge in [-0.15, -0.1) is 0 Å². The van der Waals surface area contributed by atoms with E-state index in [1.54, 1.807) is 14.2 Å². The van der Waals surface area contributed by atoms with Crippen LogP contribution in [0.2, 0.25) is 0 Å². The summed E-state index contributed by atoms with van der Waals surface area (Å²) in [5.41, 5.74) is 0.715. The van der Waals surface area contributed by atoms with E-state index in [4.69, 9.17) is 14.2 Å². The summed E-state index contributed by atoms with van der Waals surface area (Å²) in [7, 11) is 3.36. The van der Waals surface area contributed by atoms with Crippen molar-refractivity contribution in [1.29, 1.82) is 0 Å². The van der Waals surface area contributed by atoms with Gasteiger partial charge < -0.3 is 19.5 Å². The van der Waals surface area contributed by atoms with E-state index in [1.807, 2.05) is 25.1 Å². The van der Waals surface area contributed by atoms with Crippen molar-refractivity contribution in [2.24, 2.45) is 0 Å². The first kappa shape index (κ1) is 17.8. The highest BCUT2D eigenvalue weighted by molar-refractivity contribution is 5.43. The predicted octanol–water partition coefficient (Wildman–Crippen LogP) is 3.56. The summed E-state index contributed by atoms with van der Waals surface area (Å²) in [5.74, 6) is 1.67. The summed E-state index contributed by atoms with van der Waals surface area (Å²) < 4.78 is 16.8. The fraction of sp³-hybridized carbons (Fsp3) is 0.647. The van der Waals surface area contributed by atoms with Gasteiger partial charge in [0.15, 0.2) is 0 Å². The molecule has 1 atom stereocenters. The number of nitrogens with one attached hydrogen (secondary N) is 1. The molecule has 0 aromatic heterocycles. The lowest BCUT2D eigenvalue weighted by Gasteiger charge is -2.36. The molecule has 1 N–H and O–H groups in total. The van der Waals surface area contributed by atoms with E-state index in [0.717, 1.165) is 30.0 Å². The van der Waals surface area contributed by atoms with Crippen LogP contribution in [0.15, 0.2) is 18.2 Å². The Morgan fingerprint density at radius 2 is 1.86 bits per heavy atom. The highest BCUT2D eigenvalue weighted by Crippen LogP contribution is 2.36. The molecule has 1 aromatic rings. The summed E-state index contributed by atoms with van der Waals surface area (Å²) in [6.45, 7) is 9.96. The van der Waals surface area contributed by atoms with Gasteiger partial charge >= 0.3 is 0 Å². The Labute approximate surface area is 128 Å². The number of ether oxygens (including phenoxy) is 3. The molecule has 1 aromatic carbocycles. The smallest absolute Gasteiger partial charge is 0.124 e. The minimum atomic E-state index is -0.344. The second-order valence-electron chi connectivity index (χ2n) is 5.53. The molecule has 0 bridgehead atoms. The van der Waals surface area contributed by atoms with Crippen LogP contribution in [0.5, 0.6) is 11.5 Å². The van der Waals surface area contributed by atoms with Crippen LogP contribution in [0.3, 0.4) is 0 Å². The van der Waals surface area contributed by atoms with Crippen LogP contribution in [-0.4, -0.2) is 33.0 Å². The lowest BCUT2D eigenvalue weighted by molar-refractivity contribution is -0.0396. The van der Waals surface area contributed by atoms with E-state index >= 15 is 0 Å². The van der Waals surface area contributed by atoms with Crippen LogP contribution in [0.25, 0.3) is 0 Å².